The standard InChI is InChI=1S/C13H14ClNO/c1-9-5-6-13(11(14)7-9)16-12-4-2-3-10(12)8-15/h5-7,10,12H,2-4H2,1H3. The van der Waals surface area contributed by atoms with Crippen molar-refractivity contribution in [3.8, 4) is 11.8 Å². The Morgan fingerprint density at radius 2 is 2.25 bits per heavy atom. The van der Waals surface area contributed by atoms with Crippen LogP contribution < -0.4 is 4.74 Å². The lowest BCUT2D eigenvalue weighted by atomic mass is 10.1. The van der Waals surface area contributed by atoms with Crippen molar-refractivity contribution in [2.24, 2.45) is 5.92 Å². The molecule has 1 aliphatic carbocycles. The van der Waals surface area contributed by atoms with Crippen molar-refractivity contribution < 1.29 is 4.74 Å². The van der Waals surface area contributed by atoms with Crippen molar-refractivity contribution in [1.29, 1.82) is 5.26 Å². The van der Waals surface area contributed by atoms with Crippen LogP contribution in [0.5, 0.6) is 5.75 Å². The molecule has 84 valence electrons. The molecule has 0 aliphatic heterocycles. The van der Waals surface area contributed by atoms with Crippen molar-refractivity contribution in [3.05, 3.63) is 28.8 Å². The van der Waals surface area contributed by atoms with Gasteiger partial charge in [0.25, 0.3) is 0 Å². The Hall–Kier alpha value is -1.20. The lowest BCUT2D eigenvalue weighted by Crippen LogP contribution is -2.20. The molecule has 1 fully saturated rings. The minimum atomic E-state index is 0.00482. The zero-order valence-electron chi connectivity index (χ0n) is 9.24. The molecule has 2 unspecified atom stereocenters. The van der Waals surface area contributed by atoms with Gasteiger partial charge in [-0.3, -0.25) is 0 Å². The van der Waals surface area contributed by atoms with Gasteiger partial charge in [0.15, 0.2) is 0 Å². The number of nitrogens with zero attached hydrogens (tertiary/aromatic N) is 1. The first-order chi connectivity index (χ1) is 7.70. The predicted octanol–water partition coefficient (Wildman–Crippen LogP) is 3.72. The van der Waals surface area contributed by atoms with Gasteiger partial charge in [-0.15, -0.1) is 0 Å². The van der Waals surface area contributed by atoms with E-state index in [0.717, 1.165) is 24.8 Å². The molecule has 1 saturated carbocycles. The second-order valence-electron chi connectivity index (χ2n) is 4.26. The third kappa shape index (κ3) is 2.31. The van der Waals surface area contributed by atoms with Crippen molar-refractivity contribution in [1.82, 2.24) is 0 Å². The van der Waals surface area contributed by atoms with E-state index in [-0.39, 0.29) is 12.0 Å². The van der Waals surface area contributed by atoms with E-state index in [1.54, 1.807) is 0 Å². The molecule has 0 radical (unpaired) electrons. The molecule has 2 nitrogen and oxygen atoms in total. The minimum absolute atomic E-state index is 0.00482. The lowest BCUT2D eigenvalue weighted by molar-refractivity contribution is 0.183. The molecule has 2 atom stereocenters. The number of rotatable bonds is 2. The van der Waals surface area contributed by atoms with Crippen LogP contribution in [0.15, 0.2) is 18.2 Å². The smallest absolute Gasteiger partial charge is 0.138 e. The first-order valence-electron chi connectivity index (χ1n) is 5.53. The summed E-state index contributed by atoms with van der Waals surface area (Å²) >= 11 is 6.09. The van der Waals surface area contributed by atoms with E-state index < -0.39 is 0 Å². The summed E-state index contributed by atoms with van der Waals surface area (Å²) in [5.74, 6) is 0.705. The number of halogens is 1. The maximum atomic E-state index is 8.96. The molecule has 0 aromatic heterocycles. The van der Waals surface area contributed by atoms with Crippen LogP contribution in [0.25, 0.3) is 0 Å². The van der Waals surface area contributed by atoms with Gasteiger partial charge in [-0.1, -0.05) is 17.7 Å². The summed E-state index contributed by atoms with van der Waals surface area (Å²) in [6.07, 6.45) is 2.95. The number of hydrogen-bond acceptors (Lipinski definition) is 2. The molecule has 2 rings (SSSR count). The zero-order valence-corrected chi connectivity index (χ0v) is 10.00. The van der Waals surface area contributed by atoms with Gasteiger partial charge in [0, 0.05) is 0 Å². The molecule has 1 aromatic rings. The van der Waals surface area contributed by atoms with Gasteiger partial charge in [0.2, 0.25) is 0 Å². The van der Waals surface area contributed by atoms with Crippen molar-refractivity contribution in [2.45, 2.75) is 32.3 Å². The molecule has 3 heteroatoms. The van der Waals surface area contributed by atoms with Gasteiger partial charge in [-0.05, 0) is 43.9 Å². The number of ether oxygens (including phenoxy) is 1. The number of nitriles is 1. The first-order valence-corrected chi connectivity index (χ1v) is 5.91. The maximum absolute atomic E-state index is 8.96. The quantitative estimate of drug-likeness (QED) is 0.783. The molecule has 0 saturated heterocycles. The van der Waals surface area contributed by atoms with E-state index in [0.29, 0.717) is 10.8 Å². The van der Waals surface area contributed by atoms with Crippen LogP contribution in [0, 0.1) is 24.2 Å². The Morgan fingerprint density at radius 3 is 2.94 bits per heavy atom. The van der Waals surface area contributed by atoms with Gasteiger partial charge in [-0.25, -0.2) is 0 Å². The van der Waals surface area contributed by atoms with Crippen molar-refractivity contribution in [2.75, 3.05) is 0 Å². The molecule has 1 aromatic carbocycles. The molecule has 0 spiro atoms. The zero-order chi connectivity index (χ0) is 11.5. The van der Waals surface area contributed by atoms with Crippen LogP contribution >= 0.6 is 11.6 Å². The normalized spacial score (nSPS) is 24.1. The number of benzene rings is 1. The van der Waals surface area contributed by atoms with E-state index in [2.05, 4.69) is 6.07 Å². The molecule has 1 aliphatic rings. The highest BCUT2D eigenvalue weighted by Gasteiger charge is 2.29. The second kappa shape index (κ2) is 4.76. The molecular weight excluding hydrogens is 222 g/mol. The van der Waals surface area contributed by atoms with E-state index in [1.165, 1.54) is 0 Å². The second-order valence-corrected chi connectivity index (χ2v) is 4.66. The fraction of sp³-hybridized carbons (Fsp3) is 0.462. The van der Waals surface area contributed by atoms with Crippen LogP contribution in [-0.4, -0.2) is 6.10 Å². The monoisotopic (exact) mass is 235 g/mol. The third-order valence-electron chi connectivity index (χ3n) is 2.98. The molecule has 0 amide bonds. The Balaban J connectivity index is 2.12. The van der Waals surface area contributed by atoms with Crippen LogP contribution in [0.1, 0.15) is 24.8 Å². The maximum Gasteiger partial charge on any atom is 0.138 e. The van der Waals surface area contributed by atoms with Crippen LogP contribution in [-0.2, 0) is 0 Å². The molecule has 0 N–H and O–H groups in total. The molecule has 0 bridgehead atoms. The highest BCUT2D eigenvalue weighted by molar-refractivity contribution is 6.32. The largest absolute Gasteiger partial charge is 0.488 e. The van der Waals surface area contributed by atoms with Crippen LogP contribution in [0.2, 0.25) is 5.02 Å². The summed E-state index contributed by atoms with van der Waals surface area (Å²) in [6, 6.07) is 8.03. The molecular formula is C13H14ClNO. The van der Waals surface area contributed by atoms with Crippen LogP contribution in [0.3, 0.4) is 0 Å². The van der Waals surface area contributed by atoms with E-state index in [9.17, 15) is 0 Å². The topological polar surface area (TPSA) is 33.0 Å². The SMILES string of the molecule is Cc1ccc(OC2CCCC2C#N)c(Cl)c1. The summed E-state index contributed by atoms with van der Waals surface area (Å²) in [7, 11) is 0. The van der Waals surface area contributed by atoms with E-state index in [1.807, 2.05) is 25.1 Å². The van der Waals surface area contributed by atoms with Crippen molar-refractivity contribution in [3.63, 3.8) is 0 Å². The Morgan fingerprint density at radius 1 is 1.44 bits per heavy atom. The summed E-state index contributed by atoms with van der Waals surface area (Å²) in [4.78, 5) is 0. The summed E-state index contributed by atoms with van der Waals surface area (Å²) in [5, 5.41) is 9.59. The summed E-state index contributed by atoms with van der Waals surface area (Å²) in [6.45, 7) is 1.99. The summed E-state index contributed by atoms with van der Waals surface area (Å²) in [5.41, 5.74) is 1.11. The van der Waals surface area contributed by atoms with Gasteiger partial charge in [-0.2, -0.15) is 5.26 Å². The van der Waals surface area contributed by atoms with Crippen molar-refractivity contribution >= 4 is 11.6 Å². The Labute approximate surface area is 101 Å². The average molecular weight is 236 g/mol. The first kappa shape index (κ1) is 11.3. The third-order valence-corrected chi connectivity index (χ3v) is 3.28. The van der Waals surface area contributed by atoms with Gasteiger partial charge >= 0.3 is 0 Å². The van der Waals surface area contributed by atoms with E-state index in [4.69, 9.17) is 21.6 Å². The Bertz CT molecular complexity index is 424. The molecule has 0 heterocycles. The van der Waals surface area contributed by atoms with Crippen LogP contribution in [0.4, 0.5) is 0 Å². The van der Waals surface area contributed by atoms with Gasteiger partial charge in [0.05, 0.1) is 17.0 Å². The van der Waals surface area contributed by atoms with E-state index >= 15 is 0 Å². The fourth-order valence-electron chi connectivity index (χ4n) is 2.08. The number of hydrogen-bond donors (Lipinski definition) is 0. The fourth-order valence-corrected chi connectivity index (χ4v) is 2.36. The van der Waals surface area contributed by atoms with Gasteiger partial charge < -0.3 is 4.74 Å². The highest BCUT2D eigenvalue weighted by Crippen LogP contribution is 2.32. The summed E-state index contributed by atoms with van der Waals surface area (Å²) < 4.78 is 5.81. The van der Waals surface area contributed by atoms with Gasteiger partial charge in [0.1, 0.15) is 11.9 Å². The number of aryl methyl sites for hydroxylation is 1. The molecule has 16 heavy (non-hydrogen) atoms. The average Bonchev–Trinajstić information content (AvgIpc) is 2.69. The highest BCUT2D eigenvalue weighted by atomic mass is 35.5. The predicted molar refractivity (Wildman–Crippen MR) is 63.6 cm³/mol. The minimum Gasteiger partial charge on any atom is -0.488 e. The lowest BCUT2D eigenvalue weighted by Gasteiger charge is -2.17. The Kier molecular flexibility index (Phi) is 3.36.